The van der Waals surface area contributed by atoms with Gasteiger partial charge in [0.15, 0.2) is 0 Å². The molecule has 0 spiro atoms. The first-order chi connectivity index (χ1) is 11.0. The van der Waals surface area contributed by atoms with Crippen LogP contribution in [0.25, 0.3) is 0 Å². The minimum absolute atomic E-state index is 2.00. The van der Waals surface area contributed by atoms with Crippen LogP contribution in [0.1, 0.15) is 0 Å². The largest absolute Gasteiger partial charge is 0.0623 e. The van der Waals surface area contributed by atoms with Crippen LogP contribution in [0, 0.1) is 0 Å². The quantitative estimate of drug-likeness (QED) is 0.534. The lowest BCUT2D eigenvalue weighted by molar-refractivity contribution is 1.72. The van der Waals surface area contributed by atoms with E-state index < -0.39 is 0 Å². The fourth-order valence-corrected chi connectivity index (χ4v) is 1.41. The summed E-state index contributed by atoms with van der Waals surface area (Å²) in [6.07, 6.45) is 0. The molecule has 0 amide bonds. The van der Waals surface area contributed by atoms with Gasteiger partial charge in [-0.3, -0.25) is 0 Å². The summed E-state index contributed by atoms with van der Waals surface area (Å²) in [4.78, 5) is 0. The lowest BCUT2D eigenvalue weighted by Crippen LogP contribution is -1.47. The molecule has 0 aliphatic rings. The van der Waals surface area contributed by atoms with E-state index in [-0.39, 0.29) is 0 Å². The number of hydrogen-bond acceptors (Lipinski definition) is 0. The molecule has 0 aliphatic carbocycles. The van der Waals surface area contributed by atoms with E-state index in [0.717, 1.165) is 0 Å². The molecule has 1 aromatic rings. The summed E-state index contributed by atoms with van der Waals surface area (Å²) in [6.45, 7) is 0. The Morgan fingerprint density at radius 2 is 0.136 bits per heavy atom. The van der Waals surface area contributed by atoms with Gasteiger partial charge in [-0.25, -0.2) is 0 Å². The maximum absolute atomic E-state index is 2.00. The number of hydrogen-bond donors (Lipinski definition) is 0. The first-order valence-corrected chi connectivity index (χ1v) is 7.33. The van der Waals surface area contributed by atoms with Gasteiger partial charge in [-0.05, 0) is 0 Å². The van der Waals surface area contributed by atoms with Gasteiger partial charge in [-0.2, -0.15) is 0 Å². The second-order valence-electron chi connectivity index (χ2n) is 4.23. The molecule has 0 saturated heterocycles. The van der Waals surface area contributed by atoms with Crippen molar-refractivity contribution in [2.75, 3.05) is 0 Å². The van der Waals surface area contributed by atoms with Gasteiger partial charge in [0.1, 0.15) is 0 Å². The molecule has 110 valence electrons. The summed E-state index contributed by atoms with van der Waals surface area (Å²) in [5, 5.41) is 0. The summed E-state index contributed by atoms with van der Waals surface area (Å²) in [5.74, 6) is 0. The molecule has 0 unspecified atom stereocenters. The van der Waals surface area contributed by atoms with Crippen molar-refractivity contribution < 1.29 is 0 Å². The summed E-state index contributed by atoms with van der Waals surface area (Å²) in [5.41, 5.74) is 0. The molecule has 0 nitrogen and oxygen atoms in total. The van der Waals surface area contributed by atoms with Crippen molar-refractivity contribution >= 4 is 0 Å². The van der Waals surface area contributed by atoms with Gasteiger partial charge in [0, 0.05) is 0 Å². The highest BCUT2D eigenvalue weighted by atomic mass is 13.7. The Morgan fingerprint density at radius 3 is 0.182 bits per heavy atom. The third-order valence-electron chi connectivity index (χ3n) is 2.44. The molecule has 0 radical (unpaired) electrons. The zero-order chi connectivity index (χ0) is 15.6. The Morgan fingerprint density at radius 1 is 0.0909 bits per heavy atom. The van der Waals surface area contributed by atoms with Crippen molar-refractivity contribution in [3.63, 3.8) is 0 Å². The van der Waals surface area contributed by atoms with Gasteiger partial charge < -0.3 is 0 Å². The third kappa shape index (κ3) is 12.2. The fourth-order valence-electron chi connectivity index (χ4n) is 1.41. The lowest BCUT2D eigenvalue weighted by Gasteiger charge is -1.69. The van der Waals surface area contributed by atoms with E-state index in [4.69, 9.17) is 0 Å². The van der Waals surface area contributed by atoms with Crippen molar-refractivity contribution in [1.82, 2.24) is 0 Å². The highest BCUT2D eigenvalue weighted by Gasteiger charge is 1.59. The Hall–Kier alpha value is -2.86. The average molecular weight is 286 g/mol. The minimum Gasteiger partial charge on any atom is -0.0623 e. The zero-order valence-corrected chi connectivity index (χ0v) is 12.7. The average Bonchev–Trinajstić information content (AvgIpc) is 2.53. The van der Waals surface area contributed by atoms with Crippen LogP contribution in [0.15, 0.2) is 133 Å². The first kappa shape index (κ1) is 17.2. The maximum Gasteiger partial charge on any atom is -0.0623 e. The molecule has 0 aliphatic heterocycles. The van der Waals surface area contributed by atoms with Crippen molar-refractivity contribution in [2.45, 2.75) is 0 Å². The Labute approximate surface area is 134 Å². The van der Waals surface area contributed by atoms with Crippen molar-refractivity contribution in [1.29, 1.82) is 0 Å². The second kappa shape index (κ2) is 14.5. The van der Waals surface area contributed by atoms with Crippen LogP contribution in [-0.4, -0.2) is 0 Å². The monoisotopic (exact) mass is 286 g/mol. The summed E-state index contributed by atoms with van der Waals surface area (Å²) in [6, 6.07) is 44.0. The van der Waals surface area contributed by atoms with Crippen LogP contribution in [0.4, 0.5) is 0 Å². The molecule has 0 N–H and O–H groups in total. The van der Waals surface area contributed by atoms with Gasteiger partial charge in [0.05, 0.1) is 0 Å². The molecule has 0 atom stereocenters. The highest BCUT2D eigenvalue weighted by molar-refractivity contribution is 5.00. The van der Waals surface area contributed by atoms with E-state index in [1.807, 2.05) is 133 Å². The van der Waals surface area contributed by atoms with Crippen LogP contribution >= 0.6 is 0 Å². The third-order valence-corrected chi connectivity index (χ3v) is 2.44. The normalized spacial score (nSPS) is 8.00. The summed E-state index contributed by atoms with van der Waals surface area (Å²) < 4.78 is 0. The van der Waals surface area contributed by atoms with Crippen LogP contribution < -0.4 is 0 Å². The molecule has 1 aromatic carbocycles. The van der Waals surface area contributed by atoms with E-state index in [1.165, 1.54) is 0 Å². The molecule has 0 bridgehead atoms. The Balaban J connectivity index is 3.00. The van der Waals surface area contributed by atoms with E-state index in [9.17, 15) is 0 Å². The topological polar surface area (TPSA) is 0 Å². The van der Waals surface area contributed by atoms with Gasteiger partial charge in [-0.1, -0.05) is 133 Å². The summed E-state index contributed by atoms with van der Waals surface area (Å²) in [7, 11) is 0. The van der Waals surface area contributed by atoms with E-state index in [0.29, 0.717) is 0 Å². The summed E-state index contributed by atoms with van der Waals surface area (Å²) >= 11 is 0. The fraction of sp³-hybridized carbons (Fsp3) is 0. The van der Waals surface area contributed by atoms with Crippen molar-refractivity contribution in [3.8, 4) is 0 Å². The van der Waals surface area contributed by atoms with Gasteiger partial charge in [0.25, 0.3) is 0 Å². The van der Waals surface area contributed by atoms with Crippen LogP contribution in [0.5, 0.6) is 0 Å². The molecular formula is C22H22. The van der Waals surface area contributed by atoms with E-state index in [2.05, 4.69) is 0 Å². The lowest BCUT2D eigenvalue weighted by atomic mass is 10.4. The molecule has 0 saturated carbocycles. The molecule has 0 heterocycles. The molecule has 0 fully saturated rings. The Bertz CT molecular complexity index is 372. The van der Waals surface area contributed by atoms with Gasteiger partial charge in [0.2, 0.25) is 0 Å². The molecule has 22 heavy (non-hydrogen) atoms. The molecule has 0 aromatic heterocycles. The van der Waals surface area contributed by atoms with Gasteiger partial charge in [-0.15, -0.1) is 0 Å². The SMILES string of the molecule is c1ccccccccccccccccccccc1. The number of rotatable bonds is 0. The molecule has 0 heteroatoms. The highest BCUT2D eigenvalue weighted by Crippen LogP contribution is 1.81. The van der Waals surface area contributed by atoms with Crippen molar-refractivity contribution in [2.24, 2.45) is 0 Å². The molecular weight excluding hydrogens is 264 g/mol. The molecule has 1 rings (SSSR count). The van der Waals surface area contributed by atoms with Gasteiger partial charge >= 0.3 is 0 Å². The maximum atomic E-state index is 2.00. The van der Waals surface area contributed by atoms with Crippen LogP contribution in [-0.2, 0) is 0 Å². The standard InChI is InChI=1S/C22H22/c1-2-4-6-8-10-12-14-16-18-20-22-21-19-17-15-13-11-9-7-5-3-1/h1-22H. The predicted octanol–water partition coefficient (Wildman–Crippen LogP) is 6.18. The minimum atomic E-state index is 2.00. The van der Waals surface area contributed by atoms with E-state index in [1.54, 1.807) is 0 Å². The smallest absolute Gasteiger partial charge is 0.0623 e. The first-order valence-electron chi connectivity index (χ1n) is 7.33. The van der Waals surface area contributed by atoms with Crippen LogP contribution in [0.3, 0.4) is 0 Å². The second-order valence-corrected chi connectivity index (χ2v) is 4.23. The van der Waals surface area contributed by atoms with Crippen LogP contribution in [0.2, 0.25) is 0 Å². The van der Waals surface area contributed by atoms with Crippen molar-refractivity contribution in [3.05, 3.63) is 133 Å². The Kier molecular flexibility index (Phi) is 11.4. The van der Waals surface area contributed by atoms with E-state index >= 15 is 0 Å². The predicted molar refractivity (Wildman–Crippen MR) is 97.0 cm³/mol. The zero-order valence-electron chi connectivity index (χ0n) is 12.7.